The highest BCUT2D eigenvalue weighted by Crippen LogP contribution is 2.14. The van der Waals surface area contributed by atoms with Crippen LogP contribution >= 0.6 is 0 Å². The maximum Gasteiger partial charge on any atom is 0.151 e. The SMILES string of the molecule is Nc1cccc(Cn2cncn2)c1F. The predicted molar refractivity (Wildman–Crippen MR) is 49.9 cm³/mol. The van der Waals surface area contributed by atoms with Crippen molar-refractivity contribution in [1.29, 1.82) is 0 Å². The molecule has 0 atom stereocenters. The first-order chi connectivity index (χ1) is 6.77. The number of nitrogens with two attached hydrogens (primary N) is 1. The Balaban J connectivity index is 2.29. The Bertz CT molecular complexity index is 424. The van der Waals surface area contributed by atoms with Gasteiger partial charge in [0, 0.05) is 5.56 Å². The lowest BCUT2D eigenvalue weighted by atomic mass is 10.2. The number of nitrogens with zero attached hydrogens (tertiary/aromatic N) is 3. The average Bonchev–Trinajstić information content (AvgIpc) is 2.66. The van der Waals surface area contributed by atoms with Gasteiger partial charge in [-0.25, -0.2) is 14.1 Å². The van der Waals surface area contributed by atoms with Gasteiger partial charge in [-0.2, -0.15) is 5.10 Å². The molecule has 2 rings (SSSR count). The molecule has 0 saturated carbocycles. The monoisotopic (exact) mass is 192 g/mol. The summed E-state index contributed by atoms with van der Waals surface area (Å²) in [5.41, 5.74) is 6.09. The van der Waals surface area contributed by atoms with Crippen LogP contribution in [0.3, 0.4) is 0 Å². The van der Waals surface area contributed by atoms with Crippen molar-refractivity contribution in [2.75, 3.05) is 5.73 Å². The molecule has 5 heteroatoms. The minimum Gasteiger partial charge on any atom is -0.396 e. The Kier molecular flexibility index (Phi) is 2.14. The van der Waals surface area contributed by atoms with Gasteiger partial charge in [-0.05, 0) is 6.07 Å². The van der Waals surface area contributed by atoms with E-state index in [1.807, 2.05) is 0 Å². The topological polar surface area (TPSA) is 56.7 Å². The summed E-state index contributed by atoms with van der Waals surface area (Å²) in [5.74, 6) is -0.386. The van der Waals surface area contributed by atoms with Crippen LogP contribution in [0, 0.1) is 5.82 Å². The number of hydrogen-bond acceptors (Lipinski definition) is 3. The van der Waals surface area contributed by atoms with E-state index in [4.69, 9.17) is 5.73 Å². The molecule has 0 radical (unpaired) electrons. The normalized spacial score (nSPS) is 10.4. The van der Waals surface area contributed by atoms with E-state index in [0.717, 1.165) is 0 Å². The van der Waals surface area contributed by atoms with Crippen LogP contribution < -0.4 is 5.73 Å². The predicted octanol–water partition coefficient (Wildman–Crippen LogP) is 1.05. The van der Waals surface area contributed by atoms with Gasteiger partial charge < -0.3 is 5.73 Å². The van der Waals surface area contributed by atoms with Crippen LogP contribution in [0.1, 0.15) is 5.56 Å². The van der Waals surface area contributed by atoms with E-state index in [9.17, 15) is 4.39 Å². The van der Waals surface area contributed by atoms with Crippen molar-refractivity contribution in [2.45, 2.75) is 6.54 Å². The number of anilines is 1. The Morgan fingerprint density at radius 2 is 2.29 bits per heavy atom. The first kappa shape index (κ1) is 8.68. The van der Waals surface area contributed by atoms with Crippen LogP contribution in [0.4, 0.5) is 10.1 Å². The molecule has 0 spiro atoms. The quantitative estimate of drug-likeness (QED) is 0.723. The Morgan fingerprint density at radius 1 is 1.43 bits per heavy atom. The third-order valence-corrected chi connectivity index (χ3v) is 1.91. The summed E-state index contributed by atoms with van der Waals surface area (Å²) in [5, 5.41) is 3.88. The van der Waals surface area contributed by atoms with Crippen molar-refractivity contribution in [1.82, 2.24) is 14.8 Å². The molecule has 0 unspecified atom stereocenters. The fourth-order valence-corrected chi connectivity index (χ4v) is 1.21. The summed E-state index contributed by atoms with van der Waals surface area (Å²) in [7, 11) is 0. The third-order valence-electron chi connectivity index (χ3n) is 1.91. The third kappa shape index (κ3) is 1.56. The number of rotatable bonds is 2. The zero-order chi connectivity index (χ0) is 9.97. The second-order valence-corrected chi connectivity index (χ2v) is 2.91. The summed E-state index contributed by atoms with van der Waals surface area (Å²) in [6, 6.07) is 4.91. The highest BCUT2D eigenvalue weighted by atomic mass is 19.1. The molecule has 0 saturated heterocycles. The van der Waals surface area contributed by atoms with E-state index in [0.29, 0.717) is 12.1 Å². The number of benzene rings is 1. The Hall–Kier alpha value is -1.91. The van der Waals surface area contributed by atoms with E-state index in [1.54, 1.807) is 12.1 Å². The Morgan fingerprint density at radius 3 is 3.00 bits per heavy atom. The van der Waals surface area contributed by atoms with Gasteiger partial charge in [0.25, 0.3) is 0 Å². The van der Waals surface area contributed by atoms with Gasteiger partial charge in [-0.15, -0.1) is 0 Å². The largest absolute Gasteiger partial charge is 0.396 e. The first-order valence-electron chi connectivity index (χ1n) is 4.12. The lowest BCUT2D eigenvalue weighted by Crippen LogP contribution is -2.04. The molecule has 0 aliphatic carbocycles. The smallest absolute Gasteiger partial charge is 0.151 e. The molecule has 0 aliphatic heterocycles. The van der Waals surface area contributed by atoms with Gasteiger partial charge in [-0.3, -0.25) is 0 Å². The van der Waals surface area contributed by atoms with E-state index >= 15 is 0 Å². The number of halogens is 1. The highest BCUT2D eigenvalue weighted by Gasteiger charge is 2.05. The maximum atomic E-state index is 13.4. The molecule has 0 amide bonds. The van der Waals surface area contributed by atoms with Gasteiger partial charge in [0.2, 0.25) is 0 Å². The second kappa shape index (κ2) is 3.45. The molecule has 0 fully saturated rings. The molecule has 1 heterocycles. The van der Waals surface area contributed by atoms with Crippen molar-refractivity contribution in [3.8, 4) is 0 Å². The number of aromatic nitrogens is 3. The zero-order valence-corrected chi connectivity index (χ0v) is 7.39. The van der Waals surface area contributed by atoms with Gasteiger partial charge in [-0.1, -0.05) is 12.1 Å². The van der Waals surface area contributed by atoms with Crippen LogP contribution in [-0.4, -0.2) is 14.8 Å². The molecule has 4 nitrogen and oxygen atoms in total. The molecule has 1 aromatic carbocycles. The van der Waals surface area contributed by atoms with Crippen LogP contribution in [0.2, 0.25) is 0 Å². The van der Waals surface area contributed by atoms with Gasteiger partial charge in [0.1, 0.15) is 12.7 Å². The minimum atomic E-state index is -0.386. The summed E-state index contributed by atoms with van der Waals surface area (Å²) in [6.07, 6.45) is 2.94. The summed E-state index contributed by atoms with van der Waals surface area (Å²) >= 11 is 0. The highest BCUT2D eigenvalue weighted by molar-refractivity contribution is 5.42. The molecule has 14 heavy (non-hydrogen) atoms. The van der Waals surface area contributed by atoms with Crippen molar-refractivity contribution < 1.29 is 4.39 Å². The van der Waals surface area contributed by atoms with Crippen LogP contribution in [0.5, 0.6) is 0 Å². The van der Waals surface area contributed by atoms with Gasteiger partial charge >= 0.3 is 0 Å². The van der Waals surface area contributed by atoms with Crippen LogP contribution in [0.25, 0.3) is 0 Å². The number of hydrogen-bond donors (Lipinski definition) is 1. The second-order valence-electron chi connectivity index (χ2n) is 2.91. The molecule has 0 aliphatic rings. The van der Waals surface area contributed by atoms with Crippen LogP contribution in [-0.2, 0) is 6.54 Å². The molecule has 0 bridgehead atoms. The average molecular weight is 192 g/mol. The lowest BCUT2D eigenvalue weighted by molar-refractivity contribution is 0.588. The van der Waals surface area contributed by atoms with Crippen molar-refractivity contribution >= 4 is 5.69 Å². The standard InChI is InChI=1S/C9H9FN4/c10-9-7(2-1-3-8(9)11)4-14-6-12-5-13-14/h1-3,5-6H,4,11H2. The first-order valence-corrected chi connectivity index (χ1v) is 4.12. The molecule has 2 aromatic rings. The summed E-state index contributed by atoms with van der Waals surface area (Å²) in [4.78, 5) is 3.77. The fourth-order valence-electron chi connectivity index (χ4n) is 1.21. The molecule has 72 valence electrons. The van der Waals surface area contributed by atoms with Gasteiger partial charge in [0.05, 0.1) is 12.2 Å². The fraction of sp³-hybridized carbons (Fsp3) is 0.111. The maximum absolute atomic E-state index is 13.4. The van der Waals surface area contributed by atoms with Crippen LogP contribution in [0.15, 0.2) is 30.9 Å². The molecule has 1 aromatic heterocycles. The zero-order valence-electron chi connectivity index (χ0n) is 7.39. The Labute approximate surface area is 80.2 Å². The molecular weight excluding hydrogens is 183 g/mol. The summed E-state index contributed by atoms with van der Waals surface area (Å²) in [6.45, 7) is 0.344. The van der Waals surface area contributed by atoms with E-state index in [2.05, 4.69) is 10.1 Å². The van der Waals surface area contributed by atoms with Crippen molar-refractivity contribution in [2.24, 2.45) is 0 Å². The molecule has 2 N–H and O–H groups in total. The number of nitrogen functional groups attached to an aromatic ring is 1. The lowest BCUT2D eigenvalue weighted by Gasteiger charge is -2.04. The minimum absolute atomic E-state index is 0.155. The van der Waals surface area contributed by atoms with E-state index in [-0.39, 0.29) is 11.5 Å². The van der Waals surface area contributed by atoms with E-state index < -0.39 is 0 Å². The molecular formula is C9H9FN4. The summed E-state index contributed by atoms with van der Waals surface area (Å²) < 4.78 is 14.9. The van der Waals surface area contributed by atoms with Gasteiger partial charge in [0.15, 0.2) is 5.82 Å². The van der Waals surface area contributed by atoms with E-state index in [1.165, 1.54) is 23.4 Å². The van der Waals surface area contributed by atoms with Crippen molar-refractivity contribution in [3.05, 3.63) is 42.2 Å². The van der Waals surface area contributed by atoms with Crippen molar-refractivity contribution in [3.63, 3.8) is 0 Å².